The van der Waals surface area contributed by atoms with Crippen LogP contribution in [-0.4, -0.2) is 19.1 Å². The number of furan rings is 1. The molecule has 0 N–H and O–H groups in total. The summed E-state index contributed by atoms with van der Waals surface area (Å²) in [6, 6.07) is 66.0. The summed E-state index contributed by atoms with van der Waals surface area (Å²) < 4.78 is 11.5. The van der Waals surface area contributed by atoms with Crippen LogP contribution in [0.15, 0.2) is 186 Å². The molecular formula is C48H30N2OSe. The van der Waals surface area contributed by atoms with Gasteiger partial charge in [-0.15, -0.1) is 0 Å². The molecule has 0 bridgehead atoms. The topological polar surface area (TPSA) is 21.3 Å². The van der Waals surface area contributed by atoms with E-state index < -0.39 is 0 Å². The van der Waals surface area contributed by atoms with Crippen LogP contribution in [0.4, 0.5) is 17.1 Å². The zero-order valence-electron chi connectivity index (χ0n) is 28.0. The van der Waals surface area contributed by atoms with Crippen LogP contribution in [0.5, 0.6) is 0 Å². The predicted octanol–water partition coefficient (Wildman–Crippen LogP) is 13.2. The molecule has 52 heavy (non-hydrogen) atoms. The van der Waals surface area contributed by atoms with Crippen molar-refractivity contribution in [1.82, 2.24) is 4.57 Å². The predicted molar refractivity (Wildman–Crippen MR) is 220 cm³/mol. The molecule has 0 radical (unpaired) electrons. The summed E-state index contributed by atoms with van der Waals surface area (Å²) >= 11 is 0.330. The van der Waals surface area contributed by atoms with Gasteiger partial charge < -0.3 is 8.98 Å². The molecule has 0 fully saturated rings. The quantitative estimate of drug-likeness (QED) is 0.165. The van der Waals surface area contributed by atoms with E-state index in [1.54, 1.807) is 0 Å². The second-order valence-electron chi connectivity index (χ2n) is 13.4. The Morgan fingerprint density at radius 2 is 1.00 bits per heavy atom. The van der Waals surface area contributed by atoms with Gasteiger partial charge in [0, 0.05) is 5.69 Å². The molecule has 0 atom stereocenters. The standard InChI is InChI=1S/C48H30N2OSe/c1-2-10-33(11-3-1)50-43-15-7-4-12-37(43)41-29-35(23-26-44(41)50)49(36-24-27-46-42(30-36)38-13-5-8-16-45(38)51-46)34-21-18-31(19-22-34)32-20-25-40-39-14-6-9-17-47(39)52-48(40)28-32/h1-30H. The van der Waals surface area contributed by atoms with Crippen molar-refractivity contribution in [3.63, 3.8) is 0 Å². The van der Waals surface area contributed by atoms with Gasteiger partial charge in [0.2, 0.25) is 0 Å². The molecule has 3 nitrogen and oxygen atoms in total. The van der Waals surface area contributed by atoms with Crippen LogP contribution in [0.25, 0.3) is 79.9 Å². The molecular weight excluding hydrogens is 700 g/mol. The third-order valence-electron chi connectivity index (χ3n) is 10.4. The van der Waals surface area contributed by atoms with Crippen molar-refractivity contribution in [1.29, 1.82) is 0 Å². The normalized spacial score (nSPS) is 11.8. The van der Waals surface area contributed by atoms with E-state index in [-0.39, 0.29) is 0 Å². The Kier molecular flexibility index (Phi) is 6.57. The summed E-state index contributed by atoms with van der Waals surface area (Å²) in [4.78, 5) is 2.38. The molecule has 3 heterocycles. The maximum absolute atomic E-state index is 6.25. The van der Waals surface area contributed by atoms with E-state index in [9.17, 15) is 0 Å². The van der Waals surface area contributed by atoms with Crippen molar-refractivity contribution in [2.75, 3.05) is 4.90 Å². The maximum atomic E-state index is 6.25. The minimum absolute atomic E-state index is 0.330. The SMILES string of the molecule is c1ccc(-n2c3ccccc3c3cc(N(c4ccc(-c5ccc6c(c5)[se]c5ccccc56)cc4)c4ccc5oc6ccccc6c5c4)ccc32)cc1. The van der Waals surface area contributed by atoms with Gasteiger partial charge in [-0.05, 0) is 24.3 Å². The van der Waals surface area contributed by atoms with Gasteiger partial charge in [0.15, 0.2) is 0 Å². The average Bonchev–Trinajstić information content (AvgIpc) is 3.87. The van der Waals surface area contributed by atoms with Gasteiger partial charge in [-0.2, -0.15) is 0 Å². The van der Waals surface area contributed by atoms with Gasteiger partial charge in [-0.25, -0.2) is 0 Å². The number of fused-ring (bicyclic) bond motifs is 9. The molecule has 0 unspecified atom stereocenters. The van der Waals surface area contributed by atoms with Gasteiger partial charge >= 0.3 is 203 Å². The van der Waals surface area contributed by atoms with Crippen molar-refractivity contribution in [2.24, 2.45) is 0 Å². The van der Waals surface area contributed by atoms with E-state index in [1.807, 2.05) is 12.1 Å². The number of para-hydroxylation sites is 3. The molecule has 11 rings (SSSR count). The summed E-state index contributed by atoms with van der Waals surface area (Å²) in [5, 5.41) is 7.45. The molecule has 4 heteroatoms. The fourth-order valence-electron chi connectivity index (χ4n) is 7.96. The minimum Gasteiger partial charge on any atom is -0.0602 e. The number of aromatic nitrogens is 1. The van der Waals surface area contributed by atoms with Crippen LogP contribution in [0, 0.1) is 0 Å². The van der Waals surface area contributed by atoms with E-state index >= 15 is 0 Å². The number of hydrogen-bond acceptors (Lipinski definition) is 2. The number of nitrogens with zero attached hydrogens (tertiary/aromatic N) is 2. The van der Waals surface area contributed by atoms with Crippen LogP contribution >= 0.6 is 0 Å². The first-order valence-corrected chi connectivity index (χ1v) is 19.3. The number of hydrogen-bond donors (Lipinski definition) is 0. The van der Waals surface area contributed by atoms with E-state index in [1.165, 1.54) is 52.2 Å². The Bertz CT molecular complexity index is 3130. The van der Waals surface area contributed by atoms with E-state index in [4.69, 9.17) is 4.42 Å². The fraction of sp³-hybridized carbons (Fsp3) is 0. The zero-order chi connectivity index (χ0) is 34.2. The molecule has 0 aliphatic rings. The average molecular weight is 730 g/mol. The number of rotatable bonds is 5. The molecule has 0 saturated carbocycles. The van der Waals surface area contributed by atoms with Gasteiger partial charge in [0.1, 0.15) is 5.58 Å². The molecule has 244 valence electrons. The van der Waals surface area contributed by atoms with Crippen molar-refractivity contribution in [3.8, 4) is 16.8 Å². The van der Waals surface area contributed by atoms with Crippen LogP contribution in [0.1, 0.15) is 0 Å². The second kappa shape index (κ2) is 11.6. The van der Waals surface area contributed by atoms with Crippen molar-refractivity contribution in [2.45, 2.75) is 0 Å². The van der Waals surface area contributed by atoms with Crippen LogP contribution in [0.3, 0.4) is 0 Å². The van der Waals surface area contributed by atoms with Gasteiger partial charge in [0.25, 0.3) is 0 Å². The van der Waals surface area contributed by atoms with Crippen molar-refractivity contribution in [3.05, 3.63) is 182 Å². The number of benzene rings is 8. The van der Waals surface area contributed by atoms with Crippen molar-refractivity contribution < 1.29 is 4.42 Å². The van der Waals surface area contributed by atoms with E-state index in [0.29, 0.717) is 14.5 Å². The van der Waals surface area contributed by atoms with Crippen LogP contribution < -0.4 is 4.90 Å². The fourth-order valence-corrected chi connectivity index (χ4v) is 10.4. The summed E-state index contributed by atoms with van der Waals surface area (Å²) in [7, 11) is 0. The molecule has 0 spiro atoms. The third-order valence-corrected chi connectivity index (χ3v) is 12.8. The molecule has 0 amide bonds. The Morgan fingerprint density at radius 3 is 1.87 bits per heavy atom. The van der Waals surface area contributed by atoms with E-state index in [0.717, 1.165) is 44.7 Å². The smallest absolute Gasteiger partial charge is 0.0602 e. The van der Waals surface area contributed by atoms with Crippen molar-refractivity contribution >= 4 is 94.6 Å². The molecule has 0 aliphatic heterocycles. The van der Waals surface area contributed by atoms with E-state index in [2.05, 4.69) is 179 Å². The Balaban J connectivity index is 1.08. The minimum atomic E-state index is 0.330. The second-order valence-corrected chi connectivity index (χ2v) is 15.6. The summed E-state index contributed by atoms with van der Waals surface area (Å²) in [5.41, 5.74) is 11.1. The molecule has 0 saturated heterocycles. The summed E-state index contributed by atoms with van der Waals surface area (Å²) in [6.45, 7) is 0. The van der Waals surface area contributed by atoms with Crippen LogP contribution in [-0.2, 0) is 0 Å². The molecule has 3 aromatic heterocycles. The summed E-state index contributed by atoms with van der Waals surface area (Å²) in [6.07, 6.45) is 0. The van der Waals surface area contributed by atoms with Gasteiger partial charge in [-0.1, -0.05) is 54.6 Å². The first-order chi connectivity index (χ1) is 25.8. The molecule has 8 aromatic carbocycles. The van der Waals surface area contributed by atoms with Gasteiger partial charge in [0.05, 0.1) is 5.52 Å². The van der Waals surface area contributed by atoms with Crippen LogP contribution in [0.2, 0.25) is 0 Å². The number of anilines is 3. The third kappa shape index (κ3) is 4.59. The zero-order valence-corrected chi connectivity index (χ0v) is 29.7. The van der Waals surface area contributed by atoms with Gasteiger partial charge in [-0.3, -0.25) is 0 Å². The first-order valence-electron chi connectivity index (χ1n) is 17.6. The first kappa shape index (κ1) is 29.4. The Morgan fingerprint density at radius 1 is 0.385 bits per heavy atom. The summed E-state index contributed by atoms with van der Waals surface area (Å²) in [5.74, 6) is 0. The molecule has 11 aromatic rings. The monoisotopic (exact) mass is 730 g/mol. The Hall–Kier alpha value is -6.32. The Labute approximate surface area is 305 Å². The molecule has 0 aliphatic carbocycles.